The van der Waals surface area contributed by atoms with Crippen LogP contribution >= 0.6 is 0 Å². The molecule has 0 saturated heterocycles. The molecule has 0 fully saturated rings. The summed E-state index contributed by atoms with van der Waals surface area (Å²) in [7, 11) is 0. The normalized spacial score (nSPS) is 11.4. The maximum Gasteiger partial charge on any atom is 0.0547 e. The van der Waals surface area contributed by atoms with E-state index in [1.165, 1.54) is 60.0 Å². The molecule has 2 heteroatoms. The van der Waals surface area contributed by atoms with Gasteiger partial charge in [0.1, 0.15) is 0 Å². The number of fused-ring (bicyclic) bond motifs is 6. The van der Waals surface area contributed by atoms with E-state index >= 15 is 0 Å². The Bertz CT molecular complexity index is 4050. The first-order valence-electron chi connectivity index (χ1n) is 24.1. The van der Waals surface area contributed by atoms with Gasteiger partial charge in [0, 0.05) is 33.3 Å². The van der Waals surface area contributed by atoms with Crippen molar-refractivity contribution in [2.24, 2.45) is 0 Å². The van der Waals surface area contributed by atoms with Crippen molar-refractivity contribution >= 4 is 60.4 Å². The van der Waals surface area contributed by atoms with Gasteiger partial charge in [-0.1, -0.05) is 224 Å². The van der Waals surface area contributed by atoms with Crippen LogP contribution < -0.4 is 4.90 Å². The zero-order valence-corrected chi connectivity index (χ0v) is 38.5. The Hall–Kier alpha value is -9.24. The molecule has 1 heterocycles. The van der Waals surface area contributed by atoms with Crippen molar-refractivity contribution in [3.8, 4) is 61.3 Å². The van der Waals surface area contributed by atoms with Crippen LogP contribution in [0.4, 0.5) is 17.1 Å². The average Bonchev–Trinajstić information content (AvgIpc) is 3.78. The van der Waals surface area contributed by atoms with Crippen LogP contribution in [0, 0.1) is 0 Å². The first kappa shape index (κ1) is 41.0. The molecule has 12 aromatic carbocycles. The number of hydrogen-bond donors (Lipinski definition) is 0. The van der Waals surface area contributed by atoms with Gasteiger partial charge in [0.2, 0.25) is 0 Å². The summed E-state index contributed by atoms with van der Waals surface area (Å²) in [5, 5.41) is 7.49. The molecular formula is C68H46N2. The lowest BCUT2D eigenvalue weighted by molar-refractivity contribution is 1.18. The molecule has 0 amide bonds. The number of rotatable bonds is 9. The minimum atomic E-state index is 1.06. The second kappa shape index (κ2) is 17.4. The zero-order valence-electron chi connectivity index (χ0n) is 38.5. The molecule has 0 aliphatic carbocycles. The smallest absolute Gasteiger partial charge is 0.0547 e. The van der Waals surface area contributed by atoms with E-state index in [4.69, 9.17) is 0 Å². The van der Waals surface area contributed by atoms with Gasteiger partial charge in [-0.05, 0) is 121 Å². The van der Waals surface area contributed by atoms with Crippen LogP contribution in [-0.2, 0) is 0 Å². The molecular weight excluding hydrogens is 845 g/mol. The van der Waals surface area contributed by atoms with Crippen molar-refractivity contribution in [1.29, 1.82) is 0 Å². The fourth-order valence-electron chi connectivity index (χ4n) is 10.8. The van der Waals surface area contributed by atoms with E-state index in [1.807, 2.05) is 0 Å². The van der Waals surface area contributed by atoms with Crippen molar-refractivity contribution in [2.75, 3.05) is 4.90 Å². The number of anilines is 3. The average molecular weight is 891 g/mol. The minimum Gasteiger partial charge on any atom is -0.310 e. The lowest BCUT2D eigenvalue weighted by atomic mass is 9.91. The molecule has 0 radical (unpaired) electrons. The van der Waals surface area contributed by atoms with Gasteiger partial charge in [-0.15, -0.1) is 0 Å². The molecule has 0 unspecified atom stereocenters. The van der Waals surface area contributed by atoms with Crippen LogP contribution in [0.1, 0.15) is 0 Å². The molecule has 0 saturated carbocycles. The van der Waals surface area contributed by atoms with Gasteiger partial charge in [0.25, 0.3) is 0 Å². The van der Waals surface area contributed by atoms with E-state index in [0.29, 0.717) is 0 Å². The Kier molecular flexibility index (Phi) is 10.2. The lowest BCUT2D eigenvalue weighted by Crippen LogP contribution is -2.12. The Labute approximate surface area is 408 Å². The van der Waals surface area contributed by atoms with Gasteiger partial charge in [-0.25, -0.2) is 0 Å². The minimum absolute atomic E-state index is 1.06. The predicted molar refractivity (Wildman–Crippen MR) is 298 cm³/mol. The number of nitrogens with zero attached hydrogens (tertiary/aromatic N) is 2. The lowest BCUT2D eigenvalue weighted by Gasteiger charge is -2.30. The van der Waals surface area contributed by atoms with Gasteiger partial charge in [-0.3, -0.25) is 0 Å². The Balaban J connectivity index is 1.06. The summed E-state index contributed by atoms with van der Waals surface area (Å²) < 4.78 is 2.47. The summed E-state index contributed by atoms with van der Waals surface area (Å²) in [5.74, 6) is 0. The first-order chi connectivity index (χ1) is 34.7. The fourth-order valence-corrected chi connectivity index (χ4v) is 10.8. The van der Waals surface area contributed by atoms with Crippen LogP contribution in [0.2, 0.25) is 0 Å². The summed E-state index contributed by atoms with van der Waals surface area (Å²) in [4.78, 5) is 2.46. The third kappa shape index (κ3) is 7.13. The van der Waals surface area contributed by atoms with Gasteiger partial charge in [0.05, 0.1) is 22.4 Å². The van der Waals surface area contributed by atoms with E-state index < -0.39 is 0 Å². The molecule has 70 heavy (non-hydrogen) atoms. The first-order valence-corrected chi connectivity index (χ1v) is 24.1. The van der Waals surface area contributed by atoms with E-state index in [9.17, 15) is 0 Å². The van der Waals surface area contributed by atoms with E-state index in [-0.39, 0.29) is 0 Å². The molecule has 13 rings (SSSR count). The summed E-state index contributed by atoms with van der Waals surface area (Å²) in [6, 6.07) is 102. The van der Waals surface area contributed by atoms with Crippen molar-refractivity contribution in [2.45, 2.75) is 0 Å². The third-order valence-electron chi connectivity index (χ3n) is 14.0. The van der Waals surface area contributed by atoms with E-state index in [0.717, 1.165) is 61.7 Å². The SMILES string of the molecule is c1ccc(-c2cccc(N(c3ccc(-c4ccccc4-n4c5ccccc5c5c6ccccc6ccc54)c(-c4ccccc4)c3)c3ccc(-c4cccc5ccccc45)cc3-c3ccccc3)c2)cc1. The van der Waals surface area contributed by atoms with Gasteiger partial charge in [-0.2, -0.15) is 0 Å². The van der Waals surface area contributed by atoms with Crippen LogP contribution in [0.3, 0.4) is 0 Å². The number of aromatic nitrogens is 1. The third-order valence-corrected chi connectivity index (χ3v) is 14.0. The highest BCUT2D eigenvalue weighted by atomic mass is 15.1. The topological polar surface area (TPSA) is 8.17 Å². The maximum atomic E-state index is 2.47. The van der Waals surface area contributed by atoms with Crippen LogP contribution in [0.15, 0.2) is 279 Å². The van der Waals surface area contributed by atoms with Crippen LogP contribution in [0.5, 0.6) is 0 Å². The Morgan fingerprint density at radius 2 is 0.829 bits per heavy atom. The fraction of sp³-hybridized carbons (Fsp3) is 0. The molecule has 328 valence electrons. The standard InChI is InChI=1S/C68H46N2/c1-4-20-47(21-5-1)52-29-18-30-54(44-52)69(66-42-39-53(45-63(66)50-24-8-3-9-25-50)57-35-19-28-48-26-10-12-31-56(48)57)55-40-41-59(62(46-55)49-22-6-2-7-23-49)60-33-14-16-36-64(60)70-65-37-17-15-34-61(65)68-58-32-13-11-27-51(58)38-43-67(68)70/h1-46H. The molecule has 0 spiro atoms. The number of hydrogen-bond acceptors (Lipinski definition) is 1. The van der Waals surface area contributed by atoms with E-state index in [2.05, 4.69) is 289 Å². The summed E-state index contributed by atoms with van der Waals surface area (Å²) in [5.41, 5.74) is 18.4. The highest BCUT2D eigenvalue weighted by molar-refractivity contribution is 6.21. The van der Waals surface area contributed by atoms with E-state index in [1.54, 1.807) is 0 Å². The van der Waals surface area contributed by atoms with Gasteiger partial charge < -0.3 is 9.47 Å². The van der Waals surface area contributed by atoms with Gasteiger partial charge in [0.15, 0.2) is 0 Å². The van der Waals surface area contributed by atoms with Crippen molar-refractivity contribution in [1.82, 2.24) is 4.57 Å². The molecule has 2 nitrogen and oxygen atoms in total. The maximum absolute atomic E-state index is 2.47. The number of para-hydroxylation sites is 2. The number of benzene rings is 12. The van der Waals surface area contributed by atoms with Crippen molar-refractivity contribution in [3.63, 3.8) is 0 Å². The highest BCUT2D eigenvalue weighted by Crippen LogP contribution is 2.48. The summed E-state index contributed by atoms with van der Waals surface area (Å²) in [6.07, 6.45) is 0. The molecule has 13 aromatic rings. The molecule has 0 bridgehead atoms. The zero-order chi connectivity index (χ0) is 46.4. The van der Waals surface area contributed by atoms with Crippen molar-refractivity contribution in [3.05, 3.63) is 279 Å². The summed E-state index contributed by atoms with van der Waals surface area (Å²) >= 11 is 0. The van der Waals surface area contributed by atoms with Crippen molar-refractivity contribution < 1.29 is 0 Å². The largest absolute Gasteiger partial charge is 0.310 e. The monoisotopic (exact) mass is 890 g/mol. The predicted octanol–water partition coefficient (Wildman–Crippen LogP) is 18.9. The second-order valence-corrected chi connectivity index (χ2v) is 18.0. The Morgan fingerprint density at radius 3 is 1.61 bits per heavy atom. The van der Waals surface area contributed by atoms with Crippen LogP contribution in [0.25, 0.3) is 105 Å². The Morgan fingerprint density at radius 1 is 0.257 bits per heavy atom. The quantitative estimate of drug-likeness (QED) is 0.140. The highest BCUT2D eigenvalue weighted by Gasteiger charge is 2.23. The molecule has 0 aliphatic rings. The molecule has 0 atom stereocenters. The molecule has 1 aromatic heterocycles. The molecule has 0 aliphatic heterocycles. The second-order valence-electron chi connectivity index (χ2n) is 18.0. The summed E-state index contributed by atoms with van der Waals surface area (Å²) in [6.45, 7) is 0. The van der Waals surface area contributed by atoms with Crippen LogP contribution in [-0.4, -0.2) is 4.57 Å². The van der Waals surface area contributed by atoms with Gasteiger partial charge >= 0.3 is 0 Å². The molecule has 0 N–H and O–H groups in total.